The summed E-state index contributed by atoms with van der Waals surface area (Å²) in [4.78, 5) is 34.2. The molecule has 1 aromatic carbocycles. The fourth-order valence-electron chi connectivity index (χ4n) is 4.08. The van der Waals surface area contributed by atoms with Crippen molar-refractivity contribution in [3.63, 3.8) is 0 Å². The van der Waals surface area contributed by atoms with Crippen molar-refractivity contribution in [3.05, 3.63) is 72.0 Å². The number of fused-ring (bicyclic) bond motifs is 1. The maximum Gasteiger partial charge on any atom is 0.255 e. The zero-order valence-electron chi connectivity index (χ0n) is 21.2. The number of H-pyrrole nitrogens is 1. The van der Waals surface area contributed by atoms with Crippen LogP contribution in [0.3, 0.4) is 0 Å². The SMILES string of the molecule is C=CC(=O)N(C)C(C)(C)C#Cc1cnccc1-c1[nH]c2c(c1Nc1cccc(F)c1OC)C(=O)NCC2. The Balaban J connectivity index is 1.86. The van der Waals surface area contributed by atoms with Gasteiger partial charge < -0.3 is 25.3 Å². The quantitative estimate of drug-likeness (QED) is 0.350. The highest BCUT2D eigenvalue weighted by Gasteiger charge is 2.29. The molecular formula is C28H28FN5O3. The number of rotatable bonds is 6. The number of para-hydroxylation sites is 1. The van der Waals surface area contributed by atoms with Crippen LogP contribution >= 0.6 is 0 Å². The van der Waals surface area contributed by atoms with Gasteiger partial charge in [-0.1, -0.05) is 24.5 Å². The number of aromatic nitrogens is 2. The van der Waals surface area contributed by atoms with Gasteiger partial charge in [0.1, 0.15) is 0 Å². The van der Waals surface area contributed by atoms with E-state index in [1.54, 1.807) is 37.6 Å². The second-order valence-electron chi connectivity index (χ2n) is 9.01. The van der Waals surface area contributed by atoms with Gasteiger partial charge in [-0.05, 0) is 38.1 Å². The van der Waals surface area contributed by atoms with Gasteiger partial charge in [-0.2, -0.15) is 0 Å². The van der Waals surface area contributed by atoms with Crippen molar-refractivity contribution in [1.82, 2.24) is 20.2 Å². The Labute approximate surface area is 214 Å². The molecule has 0 saturated heterocycles. The minimum absolute atomic E-state index is 0.0334. The van der Waals surface area contributed by atoms with Crippen molar-refractivity contribution < 1.29 is 18.7 Å². The van der Waals surface area contributed by atoms with Crippen LogP contribution < -0.4 is 15.4 Å². The number of hydrogen-bond donors (Lipinski definition) is 3. The van der Waals surface area contributed by atoms with Crippen molar-refractivity contribution in [2.45, 2.75) is 25.8 Å². The summed E-state index contributed by atoms with van der Waals surface area (Å²) >= 11 is 0. The third-order valence-electron chi connectivity index (χ3n) is 6.33. The molecule has 0 aliphatic carbocycles. The molecule has 0 fully saturated rings. The largest absolute Gasteiger partial charge is 0.492 e. The maximum absolute atomic E-state index is 14.4. The summed E-state index contributed by atoms with van der Waals surface area (Å²) in [6.45, 7) is 7.70. The summed E-state index contributed by atoms with van der Waals surface area (Å²) in [6.07, 6.45) is 5.10. The normalized spacial score (nSPS) is 12.5. The number of carbonyl (C=O) groups is 2. The minimum Gasteiger partial charge on any atom is -0.492 e. The number of hydrogen-bond acceptors (Lipinski definition) is 5. The highest BCUT2D eigenvalue weighted by Crippen LogP contribution is 2.40. The summed E-state index contributed by atoms with van der Waals surface area (Å²) in [6, 6.07) is 6.33. The summed E-state index contributed by atoms with van der Waals surface area (Å²) < 4.78 is 19.7. The number of benzene rings is 1. The first-order valence-electron chi connectivity index (χ1n) is 11.7. The van der Waals surface area contributed by atoms with Crippen LogP contribution in [0.4, 0.5) is 15.8 Å². The molecule has 0 atom stereocenters. The van der Waals surface area contributed by atoms with Crippen LogP contribution in [-0.2, 0) is 11.2 Å². The van der Waals surface area contributed by atoms with Gasteiger partial charge in [-0.25, -0.2) is 4.39 Å². The van der Waals surface area contributed by atoms with E-state index in [-0.39, 0.29) is 17.6 Å². The number of halogens is 1. The Bertz CT molecular complexity index is 1450. The Kier molecular flexibility index (Phi) is 7.02. The van der Waals surface area contributed by atoms with Crippen LogP contribution in [-0.4, -0.2) is 52.9 Å². The maximum atomic E-state index is 14.4. The molecule has 1 aliphatic rings. The summed E-state index contributed by atoms with van der Waals surface area (Å²) in [5.41, 5.74) is 3.14. The van der Waals surface area contributed by atoms with Crippen LogP contribution in [0.1, 0.15) is 35.5 Å². The minimum atomic E-state index is -0.788. The summed E-state index contributed by atoms with van der Waals surface area (Å²) in [7, 11) is 3.05. The number of amides is 2. The molecule has 190 valence electrons. The van der Waals surface area contributed by atoms with Crippen LogP contribution in [0.25, 0.3) is 11.3 Å². The number of ether oxygens (including phenoxy) is 1. The number of pyridine rings is 1. The lowest BCUT2D eigenvalue weighted by atomic mass is 10.0. The lowest BCUT2D eigenvalue weighted by Crippen LogP contribution is -2.43. The van der Waals surface area contributed by atoms with E-state index in [0.29, 0.717) is 46.7 Å². The molecule has 3 heterocycles. The topological polar surface area (TPSA) is 99.3 Å². The standard InChI is InChI=1S/C28H28FN5O3/c1-6-22(35)34(4)28(2,3)13-10-17-16-30-14-11-18(17)24-25(23-20(32-24)12-15-31-27(23)36)33-21-9-7-8-19(29)26(21)37-5/h6-9,11,14,16,32-33H,1,12,15H2,2-5H3,(H,31,36). The second kappa shape index (κ2) is 10.2. The van der Waals surface area contributed by atoms with Gasteiger partial charge in [0.15, 0.2) is 11.6 Å². The number of nitrogens with one attached hydrogen (secondary N) is 3. The molecule has 0 spiro atoms. The van der Waals surface area contributed by atoms with E-state index in [0.717, 1.165) is 5.69 Å². The number of nitrogens with zero attached hydrogens (tertiary/aromatic N) is 2. The van der Waals surface area contributed by atoms with E-state index in [9.17, 15) is 14.0 Å². The number of aromatic amines is 1. The summed E-state index contributed by atoms with van der Waals surface area (Å²) in [5, 5.41) is 6.09. The number of likely N-dealkylation sites (N-methyl/N-ethyl adjacent to an activating group) is 1. The van der Waals surface area contributed by atoms with Gasteiger partial charge >= 0.3 is 0 Å². The van der Waals surface area contributed by atoms with Crippen molar-refractivity contribution in [2.75, 3.05) is 26.0 Å². The molecule has 4 rings (SSSR count). The Morgan fingerprint density at radius 2 is 2.14 bits per heavy atom. The highest BCUT2D eigenvalue weighted by molar-refractivity contribution is 6.06. The average Bonchev–Trinajstić information content (AvgIpc) is 3.26. The lowest BCUT2D eigenvalue weighted by Gasteiger charge is -2.30. The van der Waals surface area contributed by atoms with E-state index in [1.807, 2.05) is 13.8 Å². The van der Waals surface area contributed by atoms with Crippen LogP contribution in [0, 0.1) is 17.7 Å². The zero-order valence-corrected chi connectivity index (χ0v) is 21.2. The van der Waals surface area contributed by atoms with E-state index < -0.39 is 11.4 Å². The molecule has 2 amide bonds. The lowest BCUT2D eigenvalue weighted by molar-refractivity contribution is -0.127. The predicted octanol–water partition coefficient (Wildman–Crippen LogP) is 4.03. The van der Waals surface area contributed by atoms with Gasteiger partial charge in [0.05, 0.1) is 40.8 Å². The van der Waals surface area contributed by atoms with Crippen LogP contribution in [0.2, 0.25) is 0 Å². The van der Waals surface area contributed by atoms with E-state index in [1.165, 1.54) is 24.2 Å². The fraction of sp³-hybridized carbons (Fsp3) is 0.250. The Morgan fingerprint density at radius 3 is 2.86 bits per heavy atom. The molecule has 3 aromatic rings. The van der Waals surface area contributed by atoms with Gasteiger partial charge in [0.25, 0.3) is 5.91 Å². The van der Waals surface area contributed by atoms with Crippen molar-refractivity contribution in [2.24, 2.45) is 0 Å². The molecule has 1 aliphatic heterocycles. The first-order valence-corrected chi connectivity index (χ1v) is 11.7. The first kappa shape index (κ1) is 25.5. The smallest absolute Gasteiger partial charge is 0.255 e. The van der Waals surface area contributed by atoms with Crippen molar-refractivity contribution in [3.8, 4) is 28.8 Å². The highest BCUT2D eigenvalue weighted by atomic mass is 19.1. The van der Waals surface area contributed by atoms with E-state index in [2.05, 4.69) is 39.0 Å². The van der Waals surface area contributed by atoms with E-state index in [4.69, 9.17) is 4.74 Å². The molecule has 9 heteroatoms. The molecule has 2 aromatic heterocycles. The van der Waals surface area contributed by atoms with Gasteiger partial charge in [-0.15, -0.1) is 0 Å². The van der Waals surface area contributed by atoms with E-state index >= 15 is 0 Å². The molecular weight excluding hydrogens is 473 g/mol. The monoisotopic (exact) mass is 501 g/mol. The van der Waals surface area contributed by atoms with Gasteiger partial charge in [0, 0.05) is 43.7 Å². The molecule has 37 heavy (non-hydrogen) atoms. The van der Waals surface area contributed by atoms with Gasteiger partial charge in [0.2, 0.25) is 5.91 Å². The zero-order chi connectivity index (χ0) is 26.7. The van der Waals surface area contributed by atoms with Crippen molar-refractivity contribution in [1.29, 1.82) is 0 Å². The molecule has 3 N–H and O–H groups in total. The average molecular weight is 502 g/mol. The predicted molar refractivity (Wildman–Crippen MR) is 140 cm³/mol. The first-order chi connectivity index (χ1) is 17.7. The third kappa shape index (κ3) is 4.91. The number of carbonyl (C=O) groups excluding carboxylic acids is 2. The Morgan fingerprint density at radius 1 is 1.35 bits per heavy atom. The number of anilines is 2. The molecule has 8 nitrogen and oxygen atoms in total. The van der Waals surface area contributed by atoms with Gasteiger partial charge in [-0.3, -0.25) is 14.6 Å². The molecule has 0 saturated carbocycles. The second-order valence-corrected chi connectivity index (χ2v) is 9.01. The fourth-order valence-corrected chi connectivity index (χ4v) is 4.08. The van der Waals surface area contributed by atoms with Crippen LogP contribution in [0.15, 0.2) is 49.3 Å². The molecule has 0 bridgehead atoms. The third-order valence-corrected chi connectivity index (χ3v) is 6.33. The van der Waals surface area contributed by atoms with Crippen molar-refractivity contribution >= 4 is 23.2 Å². The summed E-state index contributed by atoms with van der Waals surface area (Å²) in [5.74, 6) is 5.32. The molecule has 0 radical (unpaired) electrons. The Hall–Kier alpha value is -4.58. The molecule has 0 unspecified atom stereocenters. The number of methoxy groups -OCH3 is 1. The van der Waals surface area contributed by atoms with Crippen LogP contribution in [0.5, 0.6) is 5.75 Å².